The van der Waals surface area contributed by atoms with Crippen molar-refractivity contribution in [2.45, 2.75) is 33.6 Å². The molecule has 0 radical (unpaired) electrons. The highest BCUT2D eigenvalue weighted by Gasteiger charge is 2.23. The van der Waals surface area contributed by atoms with Gasteiger partial charge in [0.15, 0.2) is 0 Å². The predicted molar refractivity (Wildman–Crippen MR) is 106 cm³/mol. The molecular weight excluding hydrogens is 364 g/mol. The van der Waals surface area contributed by atoms with Crippen LogP contribution in [0.2, 0.25) is 0 Å². The van der Waals surface area contributed by atoms with Crippen LogP contribution in [-0.4, -0.2) is 35.6 Å². The van der Waals surface area contributed by atoms with Gasteiger partial charge in [0.1, 0.15) is 10.6 Å². The minimum atomic E-state index is -0.955. The molecule has 1 atom stereocenters. The zero-order valence-corrected chi connectivity index (χ0v) is 16.9. The third-order valence-corrected chi connectivity index (χ3v) is 5.14. The molecule has 1 aromatic heterocycles. The van der Waals surface area contributed by atoms with Crippen LogP contribution in [0.5, 0.6) is 5.75 Å². The third kappa shape index (κ3) is 5.79. The van der Waals surface area contributed by atoms with E-state index in [1.165, 1.54) is 11.3 Å². The number of amides is 1. The van der Waals surface area contributed by atoms with Gasteiger partial charge in [0.05, 0.1) is 23.7 Å². The number of hydrogen-bond donors (Lipinski definition) is 2. The smallest absolute Gasteiger partial charge is 0.308 e. The summed E-state index contributed by atoms with van der Waals surface area (Å²) in [4.78, 5) is 29.3. The van der Waals surface area contributed by atoms with Crippen LogP contribution in [-0.2, 0) is 17.6 Å². The fourth-order valence-electron chi connectivity index (χ4n) is 2.85. The Bertz CT molecular complexity index is 801. The number of benzene rings is 1. The highest BCUT2D eigenvalue weighted by Crippen LogP contribution is 2.22. The molecule has 1 unspecified atom stereocenters. The lowest BCUT2D eigenvalue weighted by molar-refractivity contribution is -0.141. The van der Waals surface area contributed by atoms with Gasteiger partial charge in [-0.3, -0.25) is 9.59 Å². The molecule has 0 bridgehead atoms. The summed E-state index contributed by atoms with van der Waals surface area (Å²) in [5.74, 6) is -0.929. The summed E-state index contributed by atoms with van der Waals surface area (Å²) < 4.78 is 5.29. The SMILES string of the molecule is COc1ccccc1CC(CNC(=O)c1sc(C)nc1CC(C)C)C(=O)O. The number of thiazole rings is 1. The van der Waals surface area contributed by atoms with Crippen LogP contribution in [0, 0.1) is 18.8 Å². The van der Waals surface area contributed by atoms with Gasteiger partial charge in [-0.1, -0.05) is 32.0 Å². The van der Waals surface area contributed by atoms with Gasteiger partial charge in [-0.05, 0) is 37.3 Å². The van der Waals surface area contributed by atoms with Crippen molar-refractivity contribution in [2.24, 2.45) is 11.8 Å². The first-order valence-electron chi connectivity index (χ1n) is 8.91. The molecule has 2 aromatic rings. The van der Waals surface area contributed by atoms with Crippen LogP contribution in [0.25, 0.3) is 0 Å². The first kappa shape index (κ1) is 20.9. The second-order valence-electron chi connectivity index (χ2n) is 6.87. The molecule has 0 aliphatic heterocycles. The van der Waals surface area contributed by atoms with Crippen LogP contribution in [0.3, 0.4) is 0 Å². The van der Waals surface area contributed by atoms with E-state index >= 15 is 0 Å². The van der Waals surface area contributed by atoms with E-state index in [0.29, 0.717) is 16.5 Å². The van der Waals surface area contributed by atoms with E-state index < -0.39 is 11.9 Å². The molecule has 0 aliphatic rings. The van der Waals surface area contributed by atoms with Crippen molar-refractivity contribution in [1.29, 1.82) is 0 Å². The Hall–Kier alpha value is -2.41. The first-order valence-corrected chi connectivity index (χ1v) is 9.72. The maximum Gasteiger partial charge on any atom is 0.308 e. The van der Waals surface area contributed by atoms with Crippen LogP contribution in [0.1, 0.15) is 39.8 Å². The Morgan fingerprint density at radius 1 is 1.26 bits per heavy atom. The molecule has 1 heterocycles. The van der Waals surface area contributed by atoms with Crippen molar-refractivity contribution >= 4 is 23.2 Å². The lowest BCUT2D eigenvalue weighted by atomic mass is 9.98. The Morgan fingerprint density at radius 3 is 2.59 bits per heavy atom. The van der Waals surface area contributed by atoms with Gasteiger partial charge in [-0.2, -0.15) is 0 Å². The van der Waals surface area contributed by atoms with E-state index in [-0.39, 0.29) is 18.9 Å². The number of carboxylic acid groups (broad SMARTS) is 1. The van der Waals surface area contributed by atoms with E-state index in [0.717, 1.165) is 22.7 Å². The zero-order valence-electron chi connectivity index (χ0n) is 16.1. The molecule has 6 nitrogen and oxygen atoms in total. The summed E-state index contributed by atoms with van der Waals surface area (Å²) >= 11 is 1.34. The highest BCUT2D eigenvalue weighted by molar-refractivity contribution is 7.13. The van der Waals surface area contributed by atoms with Crippen molar-refractivity contribution < 1.29 is 19.4 Å². The number of rotatable bonds is 9. The molecule has 0 fully saturated rings. The first-order chi connectivity index (χ1) is 12.8. The normalized spacial score (nSPS) is 12.0. The number of aryl methyl sites for hydroxylation is 1. The number of ether oxygens (including phenoxy) is 1. The molecule has 2 rings (SSSR count). The molecule has 0 saturated heterocycles. The summed E-state index contributed by atoms with van der Waals surface area (Å²) in [6.07, 6.45) is 0.997. The summed E-state index contributed by atoms with van der Waals surface area (Å²) in [7, 11) is 1.55. The van der Waals surface area contributed by atoms with Crippen molar-refractivity contribution in [3.8, 4) is 5.75 Å². The average molecular weight is 391 g/mol. The Kier molecular flexibility index (Phi) is 7.36. The quantitative estimate of drug-likeness (QED) is 0.686. The van der Waals surface area contributed by atoms with E-state index in [9.17, 15) is 14.7 Å². The second kappa shape index (κ2) is 9.50. The van der Waals surface area contributed by atoms with Gasteiger partial charge >= 0.3 is 5.97 Å². The van der Waals surface area contributed by atoms with Crippen LogP contribution in [0.15, 0.2) is 24.3 Å². The molecule has 2 N–H and O–H groups in total. The maximum absolute atomic E-state index is 12.6. The Labute approximate surface area is 163 Å². The molecule has 0 aliphatic carbocycles. The van der Waals surface area contributed by atoms with Crippen LogP contribution in [0.4, 0.5) is 0 Å². The highest BCUT2D eigenvalue weighted by atomic mass is 32.1. The van der Waals surface area contributed by atoms with Gasteiger partial charge in [0, 0.05) is 6.54 Å². The van der Waals surface area contributed by atoms with Crippen LogP contribution >= 0.6 is 11.3 Å². The standard InChI is InChI=1S/C20H26N2O4S/c1-12(2)9-16-18(27-13(3)22-16)19(23)21-11-15(20(24)25)10-14-7-5-6-8-17(14)26-4/h5-8,12,15H,9-11H2,1-4H3,(H,21,23)(H,24,25). The minimum Gasteiger partial charge on any atom is -0.496 e. The second-order valence-corrected chi connectivity index (χ2v) is 8.07. The van der Waals surface area contributed by atoms with E-state index in [2.05, 4.69) is 24.1 Å². The molecule has 1 aromatic carbocycles. The maximum atomic E-state index is 12.6. The average Bonchev–Trinajstić information content (AvgIpc) is 2.97. The predicted octanol–water partition coefficient (Wildman–Crippen LogP) is 3.33. The number of hydrogen-bond acceptors (Lipinski definition) is 5. The number of aromatic nitrogens is 1. The number of aliphatic carboxylic acids is 1. The van der Waals surface area contributed by atoms with Gasteiger partial charge in [0.25, 0.3) is 5.91 Å². The molecule has 0 spiro atoms. The van der Waals surface area contributed by atoms with Crippen molar-refractivity contribution in [3.05, 3.63) is 45.4 Å². The topological polar surface area (TPSA) is 88.5 Å². The van der Waals surface area contributed by atoms with E-state index in [1.807, 2.05) is 25.1 Å². The van der Waals surface area contributed by atoms with E-state index in [1.54, 1.807) is 13.2 Å². The van der Waals surface area contributed by atoms with Crippen molar-refractivity contribution in [1.82, 2.24) is 10.3 Å². The monoisotopic (exact) mass is 390 g/mol. The molecular formula is C20H26N2O4S. The van der Waals surface area contributed by atoms with Crippen molar-refractivity contribution in [3.63, 3.8) is 0 Å². The zero-order chi connectivity index (χ0) is 20.0. The summed E-state index contributed by atoms with van der Waals surface area (Å²) in [6.45, 7) is 6.06. The number of carbonyl (C=O) groups is 2. The Balaban J connectivity index is 2.08. The van der Waals surface area contributed by atoms with Gasteiger partial charge < -0.3 is 15.2 Å². The fourth-order valence-corrected chi connectivity index (χ4v) is 3.72. The number of methoxy groups -OCH3 is 1. The summed E-state index contributed by atoms with van der Waals surface area (Å²) in [5, 5.41) is 13.2. The van der Waals surface area contributed by atoms with Gasteiger partial charge in [-0.15, -0.1) is 11.3 Å². The lowest BCUT2D eigenvalue weighted by Crippen LogP contribution is -2.34. The summed E-state index contributed by atoms with van der Waals surface area (Å²) in [5.41, 5.74) is 1.58. The van der Waals surface area contributed by atoms with E-state index in [4.69, 9.17) is 4.74 Å². The Morgan fingerprint density at radius 2 is 1.96 bits per heavy atom. The lowest BCUT2D eigenvalue weighted by Gasteiger charge is -2.15. The molecule has 146 valence electrons. The van der Waals surface area contributed by atoms with Crippen LogP contribution < -0.4 is 10.1 Å². The minimum absolute atomic E-state index is 0.0459. The number of para-hydroxylation sites is 1. The third-order valence-electron chi connectivity index (χ3n) is 4.13. The number of carbonyl (C=O) groups excluding carboxylic acids is 1. The van der Waals surface area contributed by atoms with Gasteiger partial charge in [0.2, 0.25) is 0 Å². The molecule has 0 saturated carbocycles. The molecule has 1 amide bonds. The van der Waals surface area contributed by atoms with Gasteiger partial charge in [-0.25, -0.2) is 4.98 Å². The molecule has 7 heteroatoms. The number of nitrogens with zero attached hydrogens (tertiary/aromatic N) is 1. The largest absolute Gasteiger partial charge is 0.496 e. The number of nitrogens with one attached hydrogen (secondary N) is 1. The fraction of sp³-hybridized carbons (Fsp3) is 0.450. The number of carboxylic acids is 1. The summed E-state index contributed by atoms with van der Waals surface area (Å²) in [6, 6.07) is 7.31. The van der Waals surface area contributed by atoms with Crippen molar-refractivity contribution in [2.75, 3.05) is 13.7 Å². The molecule has 27 heavy (non-hydrogen) atoms.